The van der Waals surface area contributed by atoms with Crippen LogP contribution >= 0.6 is 23.2 Å². The number of carbonyl (C=O) groups excluding carboxylic acids is 1. The molecule has 1 amide bonds. The number of aryl methyl sites for hydroxylation is 1. The second-order valence-corrected chi connectivity index (χ2v) is 4.76. The summed E-state index contributed by atoms with van der Waals surface area (Å²) in [6, 6.07) is 5.03. The minimum atomic E-state index is -0.382. The number of carbonyl (C=O) groups is 1. The highest BCUT2D eigenvalue weighted by atomic mass is 35.5. The van der Waals surface area contributed by atoms with Gasteiger partial charge in [-0.3, -0.25) is 4.79 Å². The van der Waals surface area contributed by atoms with Crippen molar-refractivity contribution >= 4 is 29.1 Å². The van der Waals surface area contributed by atoms with E-state index in [1.165, 1.54) is 0 Å². The smallest absolute Gasteiger partial charge is 0.257 e. The number of hydrogen-bond donors (Lipinski definition) is 1. The molecule has 1 aromatic carbocycles. The van der Waals surface area contributed by atoms with Crippen molar-refractivity contribution in [3.05, 3.63) is 39.6 Å². The third-order valence-corrected chi connectivity index (χ3v) is 3.27. The molecule has 0 bridgehead atoms. The third kappa shape index (κ3) is 2.64. The molecule has 1 heterocycles. The minimum absolute atomic E-state index is 0.110. The molecule has 6 heteroatoms. The van der Waals surface area contributed by atoms with Crippen LogP contribution in [0, 0.1) is 19.3 Å². The molecule has 0 unspecified atom stereocenters. The molecule has 20 heavy (non-hydrogen) atoms. The summed E-state index contributed by atoms with van der Waals surface area (Å²) in [4.78, 5) is 12.1. The number of halogens is 2. The Hall–Kier alpha value is -1.96. The van der Waals surface area contributed by atoms with Gasteiger partial charge in [0.2, 0.25) is 0 Å². The molecule has 102 valence electrons. The molecule has 0 aliphatic carbocycles. The van der Waals surface area contributed by atoms with E-state index in [4.69, 9.17) is 34.1 Å². The van der Waals surface area contributed by atoms with Gasteiger partial charge in [-0.25, -0.2) is 0 Å². The lowest BCUT2D eigenvalue weighted by Gasteiger charge is -2.06. The highest BCUT2D eigenvalue weighted by Gasteiger charge is 2.24. The Morgan fingerprint density at radius 2 is 2.10 bits per heavy atom. The van der Waals surface area contributed by atoms with Crippen molar-refractivity contribution in [2.75, 3.05) is 6.54 Å². The summed E-state index contributed by atoms with van der Waals surface area (Å²) in [6.45, 7) is 1.74. The van der Waals surface area contributed by atoms with E-state index in [2.05, 4.69) is 16.4 Å². The lowest BCUT2D eigenvalue weighted by atomic mass is 10.1. The number of hydrogen-bond acceptors (Lipinski definition) is 3. The van der Waals surface area contributed by atoms with Gasteiger partial charge in [-0.2, -0.15) is 0 Å². The Balaban J connectivity index is 2.55. The molecule has 0 aliphatic heterocycles. The van der Waals surface area contributed by atoms with E-state index in [9.17, 15) is 4.79 Å². The molecule has 0 radical (unpaired) electrons. The van der Waals surface area contributed by atoms with Crippen LogP contribution in [-0.2, 0) is 0 Å². The van der Waals surface area contributed by atoms with Crippen LogP contribution in [0.1, 0.15) is 16.1 Å². The van der Waals surface area contributed by atoms with E-state index in [1.54, 1.807) is 25.1 Å². The Morgan fingerprint density at radius 1 is 1.45 bits per heavy atom. The second kappa shape index (κ2) is 6.00. The van der Waals surface area contributed by atoms with E-state index in [0.29, 0.717) is 27.1 Å². The van der Waals surface area contributed by atoms with Crippen LogP contribution < -0.4 is 5.32 Å². The summed E-state index contributed by atoms with van der Waals surface area (Å²) >= 11 is 12.2. The Bertz CT molecular complexity index is 681. The van der Waals surface area contributed by atoms with E-state index in [-0.39, 0.29) is 18.0 Å². The fourth-order valence-electron chi connectivity index (χ4n) is 1.75. The molecule has 0 spiro atoms. The highest BCUT2D eigenvalue weighted by molar-refractivity contribution is 6.39. The molecule has 0 atom stereocenters. The quantitative estimate of drug-likeness (QED) is 0.885. The van der Waals surface area contributed by atoms with E-state index < -0.39 is 0 Å². The number of nitrogens with zero attached hydrogens (tertiary/aromatic N) is 1. The van der Waals surface area contributed by atoms with Crippen molar-refractivity contribution in [1.29, 1.82) is 0 Å². The van der Waals surface area contributed by atoms with Gasteiger partial charge >= 0.3 is 0 Å². The van der Waals surface area contributed by atoms with Crippen molar-refractivity contribution in [2.24, 2.45) is 0 Å². The molecule has 0 saturated heterocycles. The molecule has 2 rings (SSSR count). The molecule has 0 aliphatic rings. The number of amides is 1. The largest absolute Gasteiger partial charge is 0.360 e. The van der Waals surface area contributed by atoms with Gasteiger partial charge in [0.05, 0.1) is 16.6 Å². The molecule has 0 fully saturated rings. The molecule has 1 aromatic heterocycles. The molecule has 4 nitrogen and oxygen atoms in total. The molecule has 2 aromatic rings. The van der Waals surface area contributed by atoms with E-state index in [0.717, 1.165) is 0 Å². The summed E-state index contributed by atoms with van der Waals surface area (Å²) in [5, 5.41) is 7.22. The highest BCUT2D eigenvalue weighted by Crippen LogP contribution is 2.36. The fraction of sp³-hybridized carbons (Fsp3) is 0.143. The summed E-state index contributed by atoms with van der Waals surface area (Å²) in [7, 11) is 0. The third-order valence-electron chi connectivity index (χ3n) is 2.64. The van der Waals surface area contributed by atoms with Crippen LogP contribution in [0.15, 0.2) is 22.7 Å². The van der Waals surface area contributed by atoms with Gasteiger partial charge in [0.25, 0.3) is 5.91 Å². The van der Waals surface area contributed by atoms with Crippen molar-refractivity contribution < 1.29 is 9.32 Å². The summed E-state index contributed by atoms with van der Waals surface area (Å²) < 4.78 is 5.08. The van der Waals surface area contributed by atoms with Crippen molar-refractivity contribution in [3.8, 4) is 23.6 Å². The van der Waals surface area contributed by atoms with Crippen LogP contribution in [0.2, 0.25) is 10.0 Å². The van der Waals surface area contributed by atoms with E-state index >= 15 is 0 Å². The van der Waals surface area contributed by atoms with Crippen LogP contribution in [0.5, 0.6) is 0 Å². The first-order chi connectivity index (χ1) is 9.56. The van der Waals surface area contributed by atoms with Crippen LogP contribution in [0.4, 0.5) is 0 Å². The summed E-state index contributed by atoms with van der Waals surface area (Å²) in [5.41, 5.74) is 1.03. The maximum Gasteiger partial charge on any atom is 0.257 e. The lowest BCUT2D eigenvalue weighted by molar-refractivity contribution is 0.0957. The lowest BCUT2D eigenvalue weighted by Crippen LogP contribution is -2.24. The van der Waals surface area contributed by atoms with Gasteiger partial charge < -0.3 is 9.84 Å². The number of aromatic nitrogens is 1. The Labute approximate surface area is 126 Å². The number of terminal acetylenes is 1. The average molecular weight is 309 g/mol. The van der Waals surface area contributed by atoms with E-state index in [1.807, 2.05) is 0 Å². The first kappa shape index (κ1) is 14.4. The molecular formula is C14H10Cl2N2O2. The minimum Gasteiger partial charge on any atom is -0.360 e. The summed E-state index contributed by atoms with van der Waals surface area (Å²) in [6.07, 6.45) is 5.12. The maximum absolute atomic E-state index is 12.1. The SMILES string of the molecule is C#CCNC(=O)c1c(-c2c(Cl)cccc2Cl)noc1C. The Kier molecular flexibility index (Phi) is 4.33. The zero-order valence-electron chi connectivity index (χ0n) is 10.5. The van der Waals surface area contributed by atoms with Gasteiger partial charge in [0.1, 0.15) is 17.0 Å². The average Bonchev–Trinajstić information content (AvgIpc) is 2.78. The number of benzene rings is 1. The normalized spacial score (nSPS) is 10.1. The molecule has 1 N–H and O–H groups in total. The van der Waals surface area contributed by atoms with Gasteiger partial charge in [-0.05, 0) is 19.1 Å². The van der Waals surface area contributed by atoms with Gasteiger partial charge in [0.15, 0.2) is 0 Å². The summed E-state index contributed by atoms with van der Waals surface area (Å²) in [5.74, 6) is 2.31. The first-order valence-electron chi connectivity index (χ1n) is 5.68. The number of nitrogens with one attached hydrogen (secondary N) is 1. The predicted molar refractivity (Wildman–Crippen MR) is 77.9 cm³/mol. The van der Waals surface area contributed by atoms with Crippen molar-refractivity contribution in [3.63, 3.8) is 0 Å². The predicted octanol–water partition coefficient (Wildman–Crippen LogP) is 3.32. The number of rotatable bonds is 3. The van der Waals surface area contributed by atoms with Gasteiger partial charge in [0, 0.05) is 5.56 Å². The van der Waals surface area contributed by atoms with Crippen LogP contribution in [0.25, 0.3) is 11.3 Å². The Morgan fingerprint density at radius 3 is 2.70 bits per heavy atom. The van der Waals surface area contributed by atoms with Crippen LogP contribution in [-0.4, -0.2) is 17.6 Å². The standard InChI is InChI=1S/C14H10Cl2N2O2/c1-3-7-17-14(19)11-8(2)20-18-13(11)12-9(15)5-4-6-10(12)16/h1,4-6H,7H2,2H3,(H,17,19). The second-order valence-electron chi connectivity index (χ2n) is 3.95. The van der Waals surface area contributed by atoms with Crippen molar-refractivity contribution in [1.82, 2.24) is 10.5 Å². The maximum atomic E-state index is 12.1. The van der Waals surface area contributed by atoms with Gasteiger partial charge in [-0.1, -0.05) is 40.3 Å². The topological polar surface area (TPSA) is 55.1 Å². The molecular weight excluding hydrogens is 299 g/mol. The zero-order valence-corrected chi connectivity index (χ0v) is 12.0. The monoisotopic (exact) mass is 308 g/mol. The fourth-order valence-corrected chi connectivity index (χ4v) is 2.33. The first-order valence-corrected chi connectivity index (χ1v) is 6.44. The van der Waals surface area contributed by atoms with Gasteiger partial charge in [-0.15, -0.1) is 6.42 Å². The van der Waals surface area contributed by atoms with Crippen molar-refractivity contribution in [2.45, 2.75) is 6.92 Å². The zero-order chi connectivity index (χ0) is 14.7. The molecule has 0 saturated carbocycles. The van der Waals surface area contributed by atoms with Crippen LogP contribution in [0.3, 0.4) is 0 Å².